The van der Waals surface area contributed by atoms with E-state index < -0.39 is 15.9 Å². The van der Waals surface area contributed by atoms with Crippen molar-refractivity contribution >= 4 is 33.2 Å². The van der Waals surface area contributed by atoms with Crippen LogP contribution in [0.25, 0.3) is 0 Å². The molecule has 2 aromatic rings. The number of hydrogen-bond donors (Lipinski definition) is 1. The second-order valence-electron chi connectivity index (χ2n) is 7.87. The molecule has 6 nitrogen and oxygen atoms in total. The van der Waals surface area contributed by atoms with Gasteiger partial charge >= 0.3 is 0 Å². The average Bonchev–Trinajstić information content (AvgIpc) is 3.52. The van der Waals surface area contributed by atoms with E-state index in [4.69, 9.17) is 16.3 Å². The molecule has 0 spiro atoms. The minimum Gasteiger partial charge on any atom is -0.376 e. The number of benzene rings is 2. The smallest absolute Gasteiger partial charge is 0.257 e. The van der Waals surface area contributed by atoms with Crippen molar-refractivity contribution in [3.8, 4) is 0 Å². The molecule has 1 fully saturated rings. The van der Waals surface area contributed by atoms with E-state index in [9.17, 15) is 13.2 Å². The van der Waals surface area contributed by atoms with Gasteiger partial charge in [-0.15, -0.1) is 0 Å². The maximum atomic E-state index is 12.8. The molecule has 1 aliphatic carbocycles. The maximum absolute atomic E-state index is 12.8. The van der Waals surface area contributed by atoms with Crippen molar-refractivity contribution in [2.24, 2.45) is 5.92 Å². The maximum Gasteiger partial charge on any atom is 0.257 e. The van der Waals surface area contributed by atoms with Crippen molar-refractivity contribution in [3.63, 3.8) is 0 Å². The van der Waals surface area contributed by atoms with Crippen molar-refractivity contribution < 1.29 is 17.9 Å². The van der Waals surface area contributed by atoms with Gasteiger partial charge in [-0.1, -0.05) is 23.7 Å². The molecule has 1 amide bonds. The van der Waals surface area contributed by atoms with E-state index in [1.165, 1.54) is 42.4 Å². The summed E-state index contributed by atoms with van der Waals surface area (Å²) in [4.78, 5) is 12.8. The molecule has 0 bridgehead atoms. The fourth-order valence-electron chi connectivity index (χ4n) is 2.85. The molecule has 0 aromatic heterocycles. The zero-order chi connectivity index (χ0) is 21.9. The quantitative estimate of drug-likeness (QED) is 0.608. The Labute approximate surface area is 183 Å². The predicted molar refractivity (Wildman–Crippen MR) is 118 cm³/mol. The number of hydrogen-bond acceptors (Lipinski definition) is 4. The first-order valence-corrected chi connectivity index (χ1v) is 11.8. The summed E-state index contributed by atoms with van der Waals surface area (Å²) < 4.78 is 32.5. The summed E-state index contributed by atoms with van der Waals surface area (Å²) in [5.74, 6) is 0.216. The van der Waals surface area contributed by atoms with Gasteiger partial charge in [0.25, 0.3) is 5.91 Å². The SMILES string of the molecule is CC(C)N(C)S(=O)(=O)c1ccc(Cl)c(C(=O)Nc2cccc(COCC3CC3)c2)c1. The molecule has 3 rings (SSSR count). The number of halogens is 1. The first kappa shape index (κ1) is 22.7. The molecule has 0 radical (unpaired) electrons. The van der Waals surface area contributed by atoms with E-state index in [0.717, 1.165) is 12.2 Å². The minimum absolute atomic E-state index is 0.0236. The number of carbonyl (C=O) groups is 1. The van der Waals surface area contributed by atoms with Gasteiger partial charge in [-0.3, -0.25) is 4.79 Å². The van der Waals surface area contributed by atoms with Gasteiger partial charge in [0, 0.05) is 25.4 Å². The highest BCUT2D eigenvalue weighted by molar-refractivity contribution is 7.89. The van der Waals surface area contributed by atoms with Gasteiger partial charge in [0.2, 0.25) is 10.0 Å². The molecule has 162 valence electrons. The van der Waals surface area contributed by atoms with Gasteiger partial charge in [-0.05, 0) is 68.5 Å². The van der Waals surface area contributed by atoms with E-state index in [-0.39, 0.29) is 21.5 Å². The topological polar surface area (TPSA) is 75.7 Å². The molecular formula is C22H27ClN2O4S. The number of nitrogens with zero attached hydrogens (tertiary/aromatic N) is 1. The number of ether oxygens (including phenoxy) is 1. The number of sulfonamides is 1. The van der Waals surface area contributed by atoms with Crippen molar-refractivity contribution in [3.05, 3.63) is 58.6 Å². The summed E-state index contributed by atoms with van der Waals surface area (Å²) in [7, 11) is -2.22. The van der Waals surface area contributed by atoms with Crippen LogP contribution in [-0.4, -0.2) is 38.3 Å². The van der Waals surface area contributed by atoms with Crippen LogP contribution in [0, 0.1) is 5.92 Å². The highest BCUT2D eigenvalue weighted by Gasteiger charge is 2.25. The lowest BCUT2D eigenvalue weighted by Gasteiger charge is -2.21. The lowest BCUT2D eigenvalue weighted by atomic mass is 10.2. The molecule has 0 unspecified atom stereocenters. The molecule has 30 heavy (non-hydrogen) atoms. The Morgan fingerprint density at radius 1 is 1.23 bits per heavy atom. The van der Waals surface area contributed by atoms with Crippen molar-refractivity contribution in [2.75, 3.05) is 19.0 Å². The Hall–Kier alpha value is -1.93. The molecule has 0 saturated heterocycles. The zero-order valence-corrected chi connectivity index (χ0v) is 19.0. The third kappa shape index (κ3) is 5.60. The third-order valence-corrected chi connectivity index (χ3v) is 7.45. The summed E-state index contributed by atoms with van der Waals surface area (Å²) in [5.41, 5.74) is 1.65. The fourth-order valence-corrected chi connectivity index (χ4v) is 4.45. The molecule has 1 N–H and O–H groups in total. The monoisotopic (exact) mass is 450 g/mol. The number of amides is 1. The zero-order valence-electron chi connectivity index (χ0n) is 17.4. The van der Waals surface area contributed by atoms with Crippen molar-refractivity contribution in [1.82, 2.24) is 4.31 Å². The number of carbonyl (C=O) groups excluding carboxylic acids is 1. The average molecular weight is 451 g/mol. The highest BCUT2D eigenvalue weighted by atomic mass is 35.5. The Morgan fingerprint density at radius 3 is 2.63 bits per heavy atom. The normalized spacial score (nSPS) is 14.3. The van der Waals surface area contributed by atoms with Gasteiger partial charge in [-0.2, -0.15) is 4.31 Å². The summed E-state index contributed by atoms with van der Waals surface area (Å²) in [6.07, 6.45) is 2.47. The van der Waals surface area contributed by atoms with Crippen LogP contribution < -0.4 is 5.32 Å². The first-order valence-electron chi connectivity index (χ1n) is 9.94. The van der Waals surface area contributed by atoms with E-state index >= 15 is 0 Å². The number of nitrogens with one attached hydrogen (secondary N) is 1. The number of rotatable bonds is 9. The van der Waals surface area contributed by atoms with Gasteiger partial charge < -0.3 is 10.1 Å². The van der Waals surface area contributed by atoms with Gasteiger partial charge in [0.1, 0.15) is 0 Å². The van der Waals surface area contributed by atoms with E-state index in [1.54, 1.807) is 19.9 Å². The van der Waals surface area contributed by atoms with Crippen LogP contribution in [0.5, 0.6) is 0 Å². The Bertz CT molecular complexity index is 1020. The Kier molecular flexibility index (Phi) is 7.18. The van der Waals surface area contributed by atoms with E-state index in [1.807, 2.05) is 18.2 Å². The van der Waals surface area contributed by atoms with Gasteiger partial charge in [-0.25, -0.2) is 8.42 Å². The number of anilines is 1. The Morgan fingerprint density at radius 2 is 1.97 bits per heavy atom. The predicted octanol–water partition coefficient (Wildman–Crippen LogP) is 4.55. The van der Waals surface area contributed by atoms with Gasteiger partial charge in [0.15, 0.2) is 0 Å². The van der Waals surface area contributed by atoms with Gasteiger partial charge in [0.05, 0.1) is 22.1 Å². The molecule has 2 aromatic carbocycles. The largest absolute Gasteiger partial charge is 0.376 e. The van der Waals surface area contributed by atoms with Crippen LogP contribution in [0.15, 0.2) is 47.4 Å². The van der Waals surface area contributed by atoms with Crippen LogP contribution in [0.2, 0.25) is 5.02 Å². The molecule has 8 heteroatoms. The minimum atomic E-state index is -3.72. The lowest BCUT2D eigenvalue weighted by molar-refractivity contribution is 0.102. The molecule has 0 atom stereocenters. The molecular weight excluding hydrogens is 424 g/mol. The van der Waals surface area contributed by atoms with Crippen molar-refractivity contribution in [1.29, 1.82) is 0 Å². The Balaban J connectivity index is 1.75. The summed E-state index contributed by atoms with van der Waals surface area (Å²) >= 11 is 6.20. The molecule has 0 aliphatic heterocycles. The highest BCUT2D eigenvalue weighted by Crippen LogP contribution is 2.29. The van der Waals surface area contributed by atoms with Crippen LogP contribution in [0.3, 0.4) is 0 Å². The summed E-state index contributed by atoms with van der Waals surface area (Å²) in [6.45, 7) is 4.80. The van der Waals surface area contributed by atoms with Crippen molar-refractivity contribution in [2.45, 2.75) is 44.2 Å². The fraction of sp³-hybridized carbons (Fsp3) is 0.409. The first-order chi connectivity index (χ1) is 14.2. The molecule has 1 saturated carbocycles. The van der Waals surface area contributed by atoms with Crippen LogP contribution in [0.1, 0.15) is 42.6 Å². The molecule has 1 aliphatic rings. The lowest BCUT2D eigenvalue weighted by Crippen LogP contribution is -2.33. The van der Waals surface area contributed by atoms with Crippen LogP contribution in [-0.2, 0) is 21.4 Å². The molecule has 0 heterocycles. The van der Waals surface area contributed by atoms with E-state index in [2.05, 4.69) is 5.32 Å². The summed E-state index contributed by atoms with van der Waals surface area (Å²) in [6, 6.07) is 11.3. The summed E-state index contributed by atoms with van der Waals surface area (Å²) in [5, 5.41) is 2.98. The standard InChI is InChI=1S/C22H27ClN2O4S/c1-15(2)25(3)30(27,28)19-9-10-21(23)20(12-19)22(26)24-18-6-4-5-17(11-18)14-29-13-16-7-8-16/h4-6,9-12,15-16H,7-8,13-14H2,1-3H3,(H,24,26). The third-order valence-electron chi connectivity index (χ3n) is 5.09. The van der Waals surface area contributed by atoms with Crippen LogP contribution >= 0.6 is 11.6 Å². The second kappa shape index (κ2) is 9.47. The van der Waals surface area contributed by atoms with E-state index in [0.29, 0.717) is 18.2 Å². The van der Waals surface area contributed by atoms with Crippen LogP contribution in [0.4, 0.5) is 5.69 Å². The second-order valence-corrected chi connectivity index (χ2v) is 10.3.